The Hall–Kier alpha value is -1.31. The number of aliphatic hydroxyl groups is 1. The quantitative estimate of drug-likeness (QED) is 0.399. The first-order valence-electron chi connectivity index (χ1n) is 4.11. The fourth-order valence-electron chi connectivity index (χ4n) is 1.18. The van der Waals surface area contributed by atoms with Crippen LogP contribution in [0.25, 0.3) is 0 Å². The summed E-state index contributed by atoms with van der Waals surface area (Å²) in [6, 6.07) is 2.53. The molecule has 0 spiro atoms. The second kappa shape index (κ2) is 4.05. The largest absolute Gasteiger partial charge is 0.506 e. The summed E-state index contributed by atoms with van der Waals surface area (Å²) in [5, 5.41) is 22.9. The SMILES string of the molecule is Nc1c(O)cc(CCO)cc1S(N)(=O)=O. The molecule has 0 atom stereocenters. The third-order valence-electron chi connectivity index (χ3n) is 1.89. The number of aromatic hydroxyl groups is 1. The lowest BCUT2D eigenvalue weighted by atomic mass is 10.1. The van der Waals surface area contributed by atoms with Gasteiger partial charge in [-0.1, -0.05) is 0 Å². The van der Waals surface area contributed by atoms with E-state index in [0.29, 0.717) is 5.56 Å². The summed E-state index contributed by atoms with van der Waals surface area (Å²) in [5.41, 5.74) is 5.54. The Morgan fingerprint density at radius 1 is 1.33 bits per heavy atom. The molecule has 0 saturated heterocycles. The molecule has 0 aliphatic heterocycles. The molecule has 6 nitrogen and oxygen atoms in total. The first-order valence-corrected chi connectivity index (χ1v) is 5.66. The van der Waals surface area contributed by atoms with Crippen LogP contribution in [0.1, 0.15) is 5.56 Å². The van der Waals surface area contributed by atoms with Gasteiger partial charge in [-0.3, -0.25) is 0 Å². The van der Waals surface area contributed by atoms with Crippen molar-refractivity contribution in [2.75, 3.05) is 12.3 Å². The van der Waals surface area contributed by atoms with Gasteiger partial charge in [-0.05, 0) is 24.1 Å². The van der Waals surface area contributed by atoms with Crippen LogP contribution in [0, 0.1) is 0 Å². The van der Waals surface area contributed by atoms with Gasteiger partial charge in [0.15, 0.2) is 0 Å². The zero-order valence-electron chi connectivity index (χ0n) is 7.84. The molecule has 1 aromatic carbocycles. The molecule has 0 amide bonds. The Labute approximate surface area is 87.2 Å². The molecule has 0 unspecified atom stereocenters. The average Bonchev–Trinajstić information content (AvgIpc) is 2.09. The minimum atomic E-state index is -3.96. The second-order valence-electron chi connectivity index (χ2n) is 3.05. The highest BCUT2D eigenvalue weighted by atomic mass is 32.2. The molecule has 15 heavy (non-hydrogen) atoms. The lowest BCUT2D eigenvalue weighted by Crippen LogP contribution is -2.15. The summed E-state index contributed by atoms with van der Waals surface area (Å²) in [4.78, 5) is -0.328. The predicted octanol–water partition coefficient (Wildman–Crippen LogP) is -0.843. The van der Waals surface area contributed by atoms with E-state index in [1.54, 1.807) is 0 Å². The Morgan fingerprint density at radius 3 is 2.40 bits per heavy atom. The van der Waals surface area contributed by atoms with Crippen LogP contribution in [-0.4, -0.2) is 25.2 Å². The van der Waals surface area contributed by atoms with Crippen LogP contribution in [0.3, 0.4) is 0 Å². The first-order chi connectivity index (χ1) is 6.86. The maximum Gasteiger partial charge on any atom is 0.240 e. The molecular weight excluding hydrogens is 220 g/mol. The molecule has 0 aliphatic rings. The molecule has 1 rings (SSSR count). The van der Waals surface area contributed by atoms with E-state index >= 15 is 0 Å². The smallest absolute Gasteiger partial charge is 0.240 e. The number of rotatable bonds is 3. The number of benzene rings is 1. The summed E-state index contributed by atoms with van der Waals surface area (Å²) in [6.07, 6.45) is 0.219. The molecule has 0 aromatic heterocycles. The van der Waals surface area contributed by atoms with Gasteiger partial charge in [0.25, 0.3) is 0 Å². The van der Waals surface area contributed by atoms with E-state index < -0.39 is 10.0 Å². The zero-order valence-corrected chi connectivity index (χ0v) is 8.66. The van der Waals surface area contributed by atoms with E-state index in [-0.39, 0.29) is 29.4 Å². The van der Waals surface area contributed by atoms with E-state index in [1.165, 1.54) is 12.1 Å². The van der Waals surface area contributed by atoms with Crippen LogP contribution in [0.4, 0.5) is 5.69 Å². The van der Waals surface area contributed by atoms with E-state index in [2.05, 4.69) is 0 Å². The molecule has 0 radical (unpaired) electrons. The Balaban J connectivity index is 3.38. The maximum atomic E-state index is 11.1. The van der Waals surface area contributed by atoms with Gasteiger partial charge in [-0.25, -0.2) is 13.6 Å². The molecule has 6 N–H and O–H groups in total. The predicted molar refractivity (Wildman–Crippen MR) is 54.7 cm³/mol. The van der Waals surface area contributed by atoms with Crippen LogP contribution in [0.5, 0.6) is 5.75 Å². The number of hydrogen-bond acceptors (Lipinski definition) is 5. The van der Waals surface area contributed by atoms with Gasteiger partial charge < -0.3 is 15.9 Å². The third-order valence-corrected chi connectivity index (χ3v) is 2.84. The van der Waals surface area contributed by atoms with Crippen molar-refractivity contribution in [1.29, 1.82) is 0 Å². The lowest BCUT2D eigenvalue weighted by Gasteiger charge is -2.08. The molecule has 0 bridgehead atoms. The molecule has 7 heteroatoms. The first kappa shape index (κ1) is 11.8. The van der Waals surface area contributed by atoms with Gasteiger partial charge >= 0.3 is 0 Å². The van der Waals surface area contributed by atoms with E-state index in [9.17, 15) is 13.5 Å². The number of anilines is 1. The number of primary sulfonamides is 1. The van der Waals surface area contributed by atoms with E-state index in [4.69, 9.17) is 16.0 Å². The van der Waals surface area contributed by atoms with E-state index in [0.717, 1.165) is 0 Å². The summed E-state index contributed by atoms with van der Waals surface area (Å²) < 4.78 is 22.2. The van der Waals surface area contributed by atoms with Gasteiger partial charge in [0, 0.05) is 6.61 Å². The number of nitrogens with two attached hydrogens (primary N) is 2. The Kier molecular flexibility index (Phi) is 3.18. The number of sulfonamides is 1. The number of nitrogen functional groups attached to an aromatic ring is 1. The molecule has 0 heterocycles. The fourth-order valence-corrected chi connectivity index (χ4v) is 1.90. The van der Waals surface area contributed by atoms with Crippen molar-refractivity contribution >= 4 is 15.7 Å². The van der Waals surface area contributed by atoms with Gasteiger partial charge in [-0.15, -0.1) is 0 Å². The standard InChI is InChI=1S/C8H12N2O4S/c9-8-6(12)3-5(1-2-11)4-7(8)15(10,13)14/h3-4,11-12H,1-2,9H2,(H2,10,13,14). The second-order valence-corrected chi connectivity index (χ2v) is 4.58. The minimum absolute atomic E-state index is 0.159. The molecule has 0 saturated carbocycles. The Bertz CT molecular complexity index is 470. The van der Waals surface area contributed by atoms with Crippen molar-refractivity contribution in [2.24, 2.45) is 5.14 Å². The highest BCUT2D eigenvalue weighted by Crippen LogP contribution is 2.28. The minimum Gasteiger partial charge on any atom is -0.506 e. The highest BCUT2D eigenvalue weighted by molar-refractivity contribution is 7.89. The number of phenolic OH excluding ortho intramolecular Hbond substituents is 1. The van der Waals surface area contributed by atoms with Crippen molar-refractivity contribution in [2.45, 2.75) is 11.3 Å². The van der Waals surface area contributed by atoms with Gasteiger partial charge in [0.2, 0.25) is 10.0 Å². The average molecular weight is 232 g/mol. The van der Waals surface area contributed by atoms with Gasteiger partial charge in [0.05, 0.1) is 5.69 Å². The van der Waals surface area contributed by atoms with Crippen molar-refractivity contribution < 1.29 is 18.6 Å². The summed E-state index contributed by atoms with van der Waals surface area (Å²) >= 11 is 0. The topological polar surface area (TPSA) is 127 Å². The van der Waals surface area contributed by atoms with Crippen molar-refractivity contribution in [3.8, 4) is 5.75 Å². The molecular formula is C8H12N2O4S. The molecule has 0 fully saturated rings. The van der Waals surface area contributed by atoms with Crippen molar-refractivity contribution in [3.05, 3.63) is 17.7 Å². The van der Waals surface area contributed by atoms with Gasteiger partial charge in [0.1, 0.15) is 10.6 Å². The summed E-state index contributed by atoms with van der Waals surface area (Å²) in [6.45, 7) is -0.159. The van der Waals surface area contributed by atoms with Crippen molar-refractivity contribution in [3.63, 3.8) is 0 Å². The monoisotopic (exact) mass is 232 g/mol. The third kappa shape index (κ3) is 2.58. The van der Waals surface area contributed by atoms with E-state index in [1.807, 2.05) is 0 Å². The number of hydrogen-bond donors (Lipinski definition) is 4. The Morgan fingerprint density at radius 2 is 1.93 bits per heavy atom. The fraction of sp³-hybridized carbons (Fsp3) is 0.250. The molecule has 1 aromatic rings. The summed E-state index contributed by atoms with van der Waals surface area (Å²) in [7, 11) is -3.96. The number of phenols is 1. The van der Waals surface area contributed by atoms with Crippen LogP contribution >= 0.6 is 0 Å². The maximum absolute atomic E-state index is 11.1. The number of aliphatic hydroxyl groups excluding tert-OH is 1. The normalized spacial score (nSPS) is 11.6. The van der Waals surface area contributed by atoms with Crippen molar-refractivity contribution in [1.82, 2.24) is 0 Å². The molecule has 84 valence electrons. The van der Waals surface area contributed by atoms with Gasteiger partial charge in [-0.2, -0.15) is 0 Å². The van der Waals surface area contributed by atoms with Crippen LogP contribution in [0.2, 0.25) is 0 Å². The highest BCUT2D eigenvalue weighted by Gasteiger charge is 2.16. The van der Waals surface area contributed by atoms with Crippen LogP contribution in [0.15, 0.2) is 17.0 Å². The lowest BCUT2D eigenvalue weighted by molar-refractivity contribution is 0.299. The summed E-state index contributed by atoms with van der Waals surface area (Å²) in [5.74, 6) is -0.357. The zero-order chi connectivity index (χ0) is 11.6. The molecule has 0 aliphatic carbocycles. The van der Waals surface area contributed by atoms with Crippen LogP contribution < -0.4 is 10.9 Å². The van der Waals surface area contributed by atoms with Crippen LogP contribution in [-0.2, 0) is 16.4 Å².